The fourth-order valence-corrected chi connectivity index (χ4v) is 1.44. The summed E-state index contributed by atoms with van der Waals surface area (Å²) in [6, 6.07) is -0.165. The van der Waals surface area contributed by atoms with Crippen LogP contribution < -0.4 is 5.46 Å². The van der Waals surface area contributed by atoms with Crippen LogP contribution in [0.1, 0.15) is 21.5 Å². The molecule has 2 N–H and O–H groups in total. The van der Waals surface area contributed by atoms with Crippen LogP contribution in [0.2, 0.25) is 0 Å². The number of alkyl halides is 6. The molecule has 0 saturated carbocycles. The van der Waals surface area contributed by atoms with Crippen LogP contribution in [-0.4, -0.2) is 23.5 Å². The Morgan fingerprint density at radius 3 is 1.74 bits per heavy atom. The molecular weight excluding hydrogens is 281 g/mol. The van der Waals surface area contributed by atoms with Crippen LogP contribution in [-0.2, 0) is 12.4 Å². The topological polar surface area (TPSA) is 57.5 Å². The molecule has 0 spiro atoms. The largest absolute Gasteiger partial charge is 0.489 e. The molecule has 0 fully saturated rings. The summed E-state index contributed by atoms with van der Waals surface area (Å²) in [5.41, 5.74) is -5.98. The van der Waals surface area contributed by atoms with Crippen LogP contribution in [0.3, 0.4) is 0 Å². The summed E-state index contributed by atoms with van der Waals surface area (Å²) >= 11 is 0. The highest BCUT2D eigenvalue weighted by Crippen LogP contribution is 2.35. The van der Waals surface area contributed by atoms with E-state index >= 15 is 0 Å². The minimum atomic E-state index is -5.12. The standard InChI is InChI=1S/C9H5BF6O3/c11-8(12,13)5-2-7(10(18)19)6(9(14,15)16)1-4(5)3-17/h1-3,18-19H. The van der Waals surface area contributed by atoms with Gasteiger partial charge in [-0.3, -0.25) is 4.79 Å². The first-order chi connectivity index (χ1) is 8.48. The van der Waals surface area contributed by atoms with Gasteiger partial charge in [0.15, 0.2) is 6.29 Å². The second-order valence-corrected chi connectivity index (χ2v) is 3.51. The molecule has 0 amide bonds. The summed E-state index contributed by atoms with van der Waals surface area (Å²) < 4.78 is 75.1. The van der Waals surface area contributed by atoms with Gasteiger partial charge >= 0.3 is 19.5 Å². The summed E-state index contributed by atoms with van der Waals surface area (Å²) in [5, 5.41) is 17.4. The summed E-state index contributed by atoms with van der Waals surface area (Å²) in [4.78, 5) is 10.4. The third-order valence-corrected chi connectivity index (χ3v) is 2.24. The van der Waals surface area contributed by atoms with Gasteiger partial charge in [-0.1, -0.05) is 0 Å². The Hall–Kier alpha value is -1.55. The number of carbonyl (C=O) groups excluding carboxylic acids is 1. The van der Waals surface area contributed by atoms with Crippen molar-refractivity contribution < 1.29 is 41.2 Å². The molecule has 1 rings (SSSR count). The molecule has 0 atom stereocenters. The van der Waals surface area contributed by atoms with Crippen molar-refractivity contribution in [3.05, 3.63) is 28.8 Å². The van der Waals surface area contributed by atoms with Gasteiger partial charge in [0.25, 0.3) is 0 Å². The zero-order chi connectivity index (χ0) is 15.0. The molecule has 1 aromatic rings. The van der Waals surface area contributed by atoms with Crippen molar-refractivity contribution in [3.8, 4) is 0 Å². The van der Waals surface area contributed by atoms with E-state index in [1.807, 2.05) is 0 Å². The zero-order valence-electron chi connectivity index (χ0n) is 8.88. The van der Waals surface area contributed by atoms with E-state index in [9.17, 15) is 31.1 Å². The van der Waals surface area contributed by atoms with Crippen molar-refractivity contribution in [1.29, 1.82) is 0 Å². The summed E-state index contributed by atoms with van der Waals surface area (Å²) in [6.45, 7) is 0. The molecule has 3 nitrogen and oxygen atoms in total. The van der Waals surface area contributed by atoms with Gasteiger partial charge in [-0.15, -0.1) is 0 Å². The lowest BCUT2D eigenvalue weighted by Crippen LogP contribution is -2.37. The third-order valence-electron chi connectivity index (χ3n) is 2.24. The Kier molecular flexibility index (Phi) is 3.96. The molecule has 104 valence electrons. The second kappa shape index (κ2) is 4.85. The number of hydrogen-bond acceptors (Lipinski definition) is 3. The van der Waals surface area contributed by atoms with Gasteiger partial charge in [-0.05, 0) is 17.6 Å². The van der Waals surface area contributed by atoms with Crippen molar-refractivity contribution >= 4 is 18.9 Å². The van der Waals surface area contributed by atoms with Crippen molar-refractivity contribution in [1.82, 2.24) is 0 Å². The van der Waals surface area contributed by atoms with Crippen molar-refractivity contribution in [2.75, 3.05) is 0 Å². The monoisotopic (exact) mass is 286 g/mol. The quantitative estimate of drug-likeness (QED) is 0.488. The molecule has 0 radical (unpaired) electrons. The lowest BCUT2D eigenvalue weighted by atomic mass is 9.75. The van der Waals surface area contributed by atoms with Crippen LogP contribution in [0.4, 0.5) is 26.3 Å². The summed E-state index contributed by atoms with van der Waals surface area (Å²) in [6.07, 6.45) is -10.6. The Morgan fingerprint density at radius 2 is 1.42 bits per heavy atom. The average Bonchev–Trinajstić information content (AvgIpc) is 2.24. The van der Waals surface area contributed by atoms with Crippen molar-refractivity contribution in [3.63, 3.8) is 0 Å². The first-order valence-corrected chi connectivity index (χ1v) is 4.62. The van der Waals surface area contributed by atoms with Crippen LogP contribution in [0.5, 0.6) is 0 Å². The normalized spacial score (nSPS) is 12.4. The fourth-order valence-electron chi connectivity index (χ4n) is 1.44. The van der Waals surface area contributed by atoms with Crippen LogP contribution in [0.25, 0.3) is 0 Å². The highest BCUT2D eigenvalue weighted by molar-refractivity contribution is 6.59. The summed E-state index contributed by atoms with van der Waals surface area (Å²) in [5.74, 6) is 0. The lowest BCUT2D eigenvalue weighted by Gasteiger charge is -2.17. The van der Waals surface area contributed by atoms with Crippen LogP contribution in [0.15, 0.2) is 12.1 Å². The molecule has 19 heavy (non-hydrogen) atoms. The highest BCUT2D eigenvalue weighted by Gasteiger charge is 2.41. The second-order valence-electron chi connectivity index (χ2n) is 3.51. The maximum atomic E-state index is 12.5. The Labute approximate surface area is 102 Å². The van der Waals surface area contributed by atoms with Gasteiger partial charge in [0.1, 0.15) is 0 Å². The van der Waals surface area contributed by atoms with Gasteiger partial charge < -0.3 is 10.0 Å². The van der Waals surface area contributed by atoms with Crippen molar-refractivity contribution in [2.24, 2.45) is 0 Å². The maximum Gasteiger partial charge on any atom is 0.489 e. The molecular formula is C9H5BF6O3. The minimum absolute atomic E-state index is 0.0649. The van der Waals surface area contributed by atoms with E-state index < -0.39 is 41.6 Å². The SMILES string of the molecule is O=Cc1cc(C(F)(F)F)c(B(O)O)cc1C(F)(F)F. The highest BCUT2D eigenvalue weighted by atomic mass is 19.4. The molecule has 0 bridgehead atoms. The van der Waals surface area contributed by atoms with E-state index in [4.69, 9.17) is 10.0 Å². The molecule has 0 saturated heterocycles. The van der Waals surface area contributed by atoms with Gasteiger partial charge in [0.2, 0.25) is 0 Å². The van der Waals surface area contributed by atoms with Gasteiger partial charge in [0.05, 0.1) is 11.1 Å². The van der Waals surface area contributed by atoms with Crippen molar-refractivity contribution in [2.45, 2.75) is 12.4 Å². The molecule has 10 heteroatoms. The number of halogens is 6. The Bertz CT molecular complexity index is 494. The number of carbonyl (C=O) groups is 1. The van der Waals surface area contributed by atoms with E-state index in [2.05, 4.69) is 0 Å². The molecule has 0 aromatic heterocycles. The molecule has 1 aromatic carbocycles. The molecule has 0 heterocycles. The Balaban J connectivity index is 3.66. The van der Waals surface area contributed by atoms with Crippen LogP contribution in [0, 0.1) is 0 Å². The minimum Gasteiger partial charge on any atom is -0.423 e. The van der Waals surface area contributed by atoms with E-state index in [0.29, 0.717) is 0 Å². The van der Waals surface area contributed by atoms with E-state index in [1.54, 1.807) is 0 Å². The first kappa shape index (κ1) is 15.5. The van der Waals surface area contributed by atoms with E-state index in [0.717, 1.165) is 0 Å². The lowest BCUT2D eigenvalue weighted by molar-refractivity contribution is -0.141. The van der Waals surface area contributed by atoms with Gasteiger partial charge in [0, 0.05) is 5.56 Å². The molecule has 0 aliphatic rings. The first-order valence-electron chi connectivity index (χ1n) is 4.62. The number of benzene rings is 1. The molecule has 0 unspecified atom stereocenters. The smallest absolute Gasteiger partial charge is 0.423 e. The van der Waals surface area contributed by atoms with Gasteiger partial charge in [-0.2, -0.15) is 26.3 Å². The molecule has 0 aliphatic heterocycles. The Morgan fingerprint density at radius 1 is 0.947 bits per heavy atom. The zero-order valence-corrected chi connectivity index (χ0v) is 8.88. The fraction of sp³-hybridized carbons (Fsp3) is 0.222. The predicted octanol–water partition coefficient (Wildman–Crippen LogP) is 1.22. The summed E-state index contributed by atoms with van der Waals surface area (Å²) in [7, 11) is -2.75. The van der Waals surface area contributed by atoms with Crippen LogP contribution >= 0.6 is 0 Å². The van der Waals surface area contributed by atoms with E-state index in [1.165, 1.54) is 0 Å². The van der Waals surface area contributed by atoms with Gasteiger partial charge in [-0.25, -0.2) is 0 Å². The third kappa shape index (κ3) is 3.26. The maximum absolute atomic E-state index is 12.5. The number of hydrogen-bond donors (Lipinski definition) is 2. The van der Waals surface area contributed by atoms with E-state index in [-0.39, 0.29) is 18.4 Å². The molecule has 0 aliphatic carbocycles. The predicted molar refractivity (Wildman–Crippen MR) is 51.7 cm³/mol. The number of rotatable bonds is 2. The average molecular weight is 286 g/mol. The number of aldehydes is 1.